The number of hydrogen-bond donors (Lipinski definition) is 2. The molecule has 154 valence electrons. The second kappa shape index (κ2) is 9.66. The molecule has 0 unspecified atom stereocenters. The lowest BCUT2D eigenvalue weighted by Crippen LogP contribution is -2.10. The van der Waals surface area contributed by atoms with E-state index in [1.165, 1.54) is 36.4 Å². The highest BCUT2D eigenvalue weighted by molar-refractivity contribution is 7.94. The maximum absolute atomic E-state index is 12.5. The van der Waals surface area contributed by atoms with Gasteiger partial charge in [-0.25, -0.2) is 13.2 Å². The predicted octanol–water partition coefficient (Wildman–Crippen LogP) is 1.84. The van der Waals surface area contributed by atoms with Crippen LogP contribution in [0.1, 0.15) is 5.56 Å². The number of nitrogens with two attached hydrogens (primary N) is 1. The highest BCUT2D eigenvalue weighted by Gasteiger charge is 2.17. The molecule has 3 N–H and O–H groups in total. The van der Waals surface area contributed by atoms with Crippen LogP contribution in [0.5, 0.6) is 11.5 Å². The zero-order valence-corrected chi connectivity index (χ0v) is 15.9. The standard InChI is InChI=1S/C18H18N2O8S/c19-7-8-27-14-2-1-3-15(11-14)29(25,26)9-6-13-4-5-17(28-12-18(21)22)16(10-13)20(23)24/h1-6,9-11H,7-8,12,19H2,(H,21,22)/b9-6+. The number of carboxylic acid groups (broad SMARTS) is 1. The van der Waals surface area contributed by atoms with E-state index in [9.17, 15) is 23.3 Å². The third kappa shape index (κ3) is 6.30. The van der Waals surface area contributed by atoms with Crippen LogP contribution in [0.2, 0.25) is 0 Å². The second-order valence-corrected chi connectivity index (χ2v) is 7.46. The Morgan fingerprint density at radius 3 is 2.62 bits per heavy atom. The van der Waals surface area contributed by atoms with Crippen molar-refractivity contribution in [3.05, 3.63) is 63.6 Å². The fourth-order valence-corrected chi connectivity index (χ4v) is 3.25. The Morgan fingerprint density at radius 1 is 1.21 bits per heavy atom. The first-order chi connectivity index (χ1) is 13.7. The number of carboxylic acids is 1. The van der Waals surface area contributed by atoms with Gasteiger partial charge in [0.1, 0.15) is 12.4 Å². The fourth-order valence-electron chi connectivity index (χ4n) is 2.21. The van der Waals surface area contributed by atoms with Gasteiger partial charge in [0, 0.05) is 18.0 Å². The molecule has 0 aliphatic rings. The van der Waals surface area contributed by atoms with Crippen LogP contribution in [0.15, 0.2) is 52.8 Å². The van der Waals surface area contributed by atoms with E-state index in [0.717, 1.165) is 11.5 Å². The first-order valence-electron chi connectivity index (χ1n) is 8.22. The van der Waals surface area contributed by atoms with Crippen molar-refractivity contribution in [2.75, 3.05) is 19.8 Å². The molecule has 0 bridgehead atoms. The van der Waals surface area contributed by atoms with Gasteiger partial charge in [0.05, 0.1) is 9.82 Å². The lowest BCUT2D eigenvalue weighted by atomic mass is 10.2. The summed E-state index contributed by atoms with van der Waals surface area (Å²) >= 11 is 0. The first-order valence-corrected chi connectivity index (χ1v) is 9.76. The molecule has 0 amide bonds. The van der Waals surface area contributed by atoms with E-state index in [1.807, 2.05) is 0 Å². The Kier molecular flexibility index (Phi) is 7.28. The molecule has 2 aromatic rings. The Hall–Kier alpha value is -3.44. The van der Waals surface area contributed by atoms with Gasteiger partial charge in [-0.1, -0.05) is 12.1 Å². The number of nitro groups is 1. The first kappa shape index (κ1) is 21.9. The van der Waals surface area contributed by atoms with Crippen LogP contribution in [0.3, 0.4) is 0 Å². The number of aliphatic carboxylic acids is 1. The van der Waals surface area contributed by atoms with Gasteiger partial charge in [-0.2, -0.15) is 0 Å². The van der Waals surface area contributed by atoms with Crippen LogP contribution in [-0.2, 0) is 14.6 Å². The summed E-state index contributed by atoms with van der Waals surface area (Å²) in [4.78, 5) is 21.0. The van der Waals surface area contributed by atoms with Gasteiger partial charge in [-0.3, -0.25) is 10.1 Å². The van der Waals surface area contributed by atoms with Crippen LogP contribution in [0.25, 0.3) is 6.08 Å². The highest BCUT2D eigenvalue weighted by atomic mass is 32.2. The molecule has 0 fully saturated rings. The number of benzene rings is 2. The minimum Gasteiger partial charge on any atom is -0.492 e. The molecular formula is C18H18N2O8S. The third-order valence-electron chi connectivity index (χ3n) is 3.49. The van der Waals surface area contributed by atoms with Gasteiger partial charge >= 0.3 is 11.7 Å². The predicted molar refractivity (Wildman–Crippen MR) is 103 cm³/mol. The molecular weight excluding hydrogens is 404 g/mol. The molecule has 2 rings (SSSR count). The average molecular weight is 422 g/mol. The number of nitro benzene ring substituents is 1. The summed E-state index contributed by atoms with van der Waals surface area (Å²) in [5, 5.41) is 20.7. The summed E-state index contributed by atoms with van der Waals surface area (Å²) < 4.78 is 35.2. The van der Waals surface area contributed by atoms with Crippen molar-refractivity contribution in [3.63, 3.8) is 0 Å². The largest absolute Gasteiger partial charge is 0.492 e. The lowest BCUT2D eigenvalue weighted by Gasteiger charge is -2.06. The smallest absolute Gasteiger partial charge is 0.341 e. The molecule has 2 aromatic carbocycles. The Balaban J connectivity index is 2.26. The quantitative estimate of drug-likeness (QED) is 0.430. The van der Waals surface area contributed by atoms with E-state index in [0.29, 0.717) is 5.75 Å². The highest BCUT2D eigenvalue weighted by Crippen LogP contribution is 2.29. The number of rotatable bonds is 10. The number of ether oxygens (including phenoxy) is 2. The van der Waals surface area contributed by atoms with Crippen molar-refractivity contribution in [1.29, 1.82) is 0 Å². The number of sulfone groups is 1. The van der Waals surface area contributed by atoms with E-state index in [2.05, 4.69) is 0 Å². The summed E-state index contributed by atoms with van der Waals surface area (Å²) in [5.41, 5.74) is 5.09. The Labute approximate surface area is 166 Å². The maximum atomic E-state index is 12.5. The van der Waals surface area contributed by atoms with Crippen LogP contribution in [0.4, 0.5) is 5.69 Å². The summed E-state index contributed by atoms with van der Waals surface area (Å²) in [6, 6.07) is 9.51. The maximum Gasteiger partial charge on any atom is 0.341 e. The van der Waals surface area contributed by atoms with E-state index in [1.54, 1.807) is 6.07 Å². The SMILES string of the molecule is NCCOc1cccc(S(=O)(=O)/C=C/c2ccc(OCC(=O)O)c([N+](=O)[O-])c2)c1. The average Bonchev–Trinajstić information content (AvgIpc) is 2.69. The second-order valence-electron chi connectivity index (χ2n) is 5.63. The molecule has 11 heteroatoms. The topological polar surface area (TPSA) is 159 Å². The molecule has 0 aliphatic carbocycles. The summed E-state index contributed by atoms with van der Waals surface area (Å²) in [6.45, 7) is -0.228. The van der Waals surface area contributed by atoms with E-state index in [4.69, 9.17) is 20.3 Å². The number of carbonyl (C=O) groups is 1. The Bertz CT molecular complexity index is 1030. The van der Waals surface area contributed by atoms with Crippen molar-refractivity contribution in [2.24, 2.45) is 5.73 Å². The number of nitrogens with zero attached hydrogens (tertiary/aromatic N) is 1. The lowest BCUT2D eigenvalue weighted by molar-refractivity contribution is -0.385. The molecule has 0 heterocycles. The normalized spacial score (nSPS) is 11.3. The Morgan fingerprint density at radius 2 is 1.97 bits per heavy atom. The minimum atomic E-state index is -3.84. The van der Waals surface area contributed by atoms with Crippen LogP contribution >= 0.6 is 0 Å². The van der Waals surface area contributed by atoms with Gasteiger partial charge in [-0.15, -0.1) is 0 Å². The summed E-state index contributed by atoms with van der Waals surface area (Å²) in [6.07, 6.45) is 1.19. The molecule has 29 heavy (non-hydrogen) atoms. The van der Waals surface area contributed by atoms with E-state index >= 15 is 0 Å². The van der Waals surface area contributed by atoms with Crippen molar-refractivity contribution < 1.29 is 32.7 Å². The van der Waals surface area contributed by atoms with Gasteiger partial charge in [-0.05, 0) is 35.9 Å². The van der Waals surface area contributed by atoms with Gasteiger partial charge in [0.25, 0.3) is 0 Å². The molecule has 0 aromatic heterocycles. The molecule has 0 radical (unpaired) electrons. The summed E-state index contributed by atoms with van der Waals surface area (Å²) in [5.74, 6) is -1.17. The van der Waals surface area contributed by atoms with Gasteiger partial charge < -0.3 is 20.3 Å². The van der Waals surface area contributed by atoms with Crippen LogP contribution < -0.4 is 15.2 Å². The van der Waals surface area contributed by atoms with Crippen molar-refractivity contribution >= 4 is 27.6 Å². The van der Waals surface area contributed by atoms with E-state index < -0.39 is 33.0 Å². The van der Waals surface area contributed by atoms with E-state index in [-0.39, 0.29) is 29.4 Å². The minimum absolute atomic E-state index is 0.0146. The fraction of sp³-hybridized carbons (Fsp3) is 0.167. The van der Waals surface area contributed by atoms with Crippen molar-refractivity contribution in [1.82, 2.24) is 0 Å². The van der Waals surface area contributed by atoms with Crippen molar-refractivity contribution in [2.45, 2.75) is 4.90 Å². The zero-order valence-electron chi connectivity index (χ0n) is 15.1. The van der Waals surface area contributed by atoms with Crippen LogP contribution in [0, 0.1) is 10.1 Å². The molecule has 10 nitrogen and oxygen atoms in total. The monoisotopic (exact) mass is 422 g/mol. The summed E-state index contributed by atoms with van der Waals surface area (Å²) in [7, 11) is -3.84. The number of hydrogen-bond acceptors (Lipinski definition) is 8. The molecule has 0 spiro atoms. The third-order valence-corrected chi connectivity index (χ3v) is 4.90. The van der Waals surface area contributed by atoms with Crippen molar-refractivity contribution in [3.8, 4) is 11.5 Å². The molecule has 0 atom stereocenters. The van der Waals surface area contributed by atoms with Gasteiger partial charge in [0.15, 0.2) is 22.2 Å². The zero-order chi connectivity index (χ0) is 21.4. The van der Waals surface area contributed by atoms with Crippen LogP contribution in [-0.4, -0.2) is 44.2 Å². The molecule has 0 aliphatic heterocycles. The van der Waals surface area contributed by atoms with Gasteiger partial charge in [0.2, 0.25) is 0 Å². The molecule has 0 saturated heterocycles. The molecule has 0 saturated carbocycles.